The van der Waals surface area contributed by atoms with Crippen molar-refractivity contribution in [3.05, 3.63) is 23.8 Å². The van der Waals surface area contributed by atoms with E-state index in [1.54, 1.807) is 0 Å². The molecule has 0 aromatic heterocycles. The second-order valence-electron chi connectivity index (χ2n) is 4.32. The molecular weight excluding hydrogens is 160 g/mol. The van der Waals surface area contributed by atoms with Crippen LogP contribution in [0.2, 0.25) is 0 Å². The molecule has 2 atom stereocenters. The van der Waals surface area contributed by atoms with E-state index >= 15 is 0 Å². The van der Waals surface area contributed by atoms with Crippen LogP contribution in [-0.4, -0.2) is 5.78 Å². The monoisotopic (exact) mass is 176 g/mol. The molecule has 70 valence electrons. The lowest BCUT2D eigenvalue weighted by Gasteiger charge is -2.13. The van der Waals surface area contributed by atoms with Crippen LogP contribution >= 0.6 is 0 Å². The molecule has 0 aromatic carbocycles. The van der Waals surface area contributed by atoms with E-state index in [0.29, 0.717) is 5.78 Å². The second-order valence-corrected chi connectivity index (χ2v) is 4.32. The number of Topliss-reactive ketones (excluding diaryl/α,β-unsaturated/α-hetero) is 1. The quantitative estimate of drug-likeness (QED) is 0.600. The molecule has 2 rings (SSSR count). The van der Waals surface area contributed by atoms with E-state index in [1.807, 2.05) is 19.1 Å². The van der Waals surface area contributed by atoms with Crippen LogP contribution in [0.25, 0.3) is 0 Å². The first-order valence-electron chi connectivity index (χ1n) is 5.06. The molecule has 0 N–H and O–H groups in total. The van der Waals surface area contributed by atoms with E-state index in [1.165, 1.54) is 12.0 Å². The standard InChI is InChI=1S/C12H16O/c1-3-4-6-9-11-10(13)7-5-8-12(9,11)2/h3-4,6,11H,5,7-8H2,1-2H3/b4-3+,9-6-. The summed E-state index contributed by atoms with van der Waals surface area (Å²) in [7, 11) is 0. The highest BCUT2D eigenvalue weighted by Crippen LogP contribution is 2.64. The van der Waals surface area contributed by atoms with Gasteiger partial charge in [0.2, 0.25) is 0 Å². The molecule has 2 saturated carbocycles. The van der Waals surface area contributed by atoms with Crippen LogP contribution < -0.4 is 0 Å². The molecule has 2 aliphatic carbocycles. The maximum Gasteiger partial charge on any atom is 0.140 e. The van der Waals surface area contributed by atoms with Crippen molar-refractivity contribution in [2.45, 2.75) is 33.1 Å². The van der Waals surface area contributed by atoms with Gasteiger partial charge in [0, 0.05) is 17.8 Å². The molecule has 0 heterocycles. The summed E-state index contributed by atoms with van der Waals surface area (Å²) < 4.78 is 0. The fourth-order valence-corrected chi connectivity index (χ4v) is 2.59. The van der Waals surface area contributed by atoms with Gasteiger partial charge in [0.15, 0.2) is 0 Å². The SMILES string of the molecule is C/C=C/C=C1/C2C(=O)CCCC12C. The highest BCUT2D eigenvalue weighted by atomic mass is 16.1. The minimum Gasteiger partial charge on any atom is -0.299 e. The van der Waals surface area contributed by atoms with Crippen molar-refractivity contribution in [1.82, 2.24) is 0 Å². The van der Waals surface area contributed by atoms with Crippen LogP contribution in [0.1, 0.15) is 33.1 Å². The number of ketones is 1. The van der Waals surface area contributed by atoms with Crippen LogP contribution in [0.15, 0.2) is 23.8 Å². The number of carbonyl (C=O) groups excluding carboxylic acids is 1. The summed E-state index contributed by atoms with van der Waals surface area (Å²) in [4.78, 5) is 11.5. The van der Waals surface area contributed by atoms with Crippen LogP contribution in [0.4, 0.5) is 0 Å². The van der Waals surface area contributed by atoms with Gasteiger partial charge < -0.3 is 0 Å². The molecule has 0 aliphatic heterocycles. The van der Waals surface area contributed by atoms with Crippen molar-refractivity contribution in [2.75, 3.05) is 0 Å². The highest BCUT2D eigenvalue weighted by molar-refractivity contribution is 5.91. The largest absolute Gasteiger partial charge is 0.299 e. The summed E-state index contributed by atoms with van der Waals surface area (Å²) >= 11 is 0. The number of rotatable bonds is 1. The Balaban J connectivity index is 2.22. The summed E-state index contributed by atoms with van der Waals surface area (Å²) in [5, 5.41) is 0. The zero-order valence-electron chi connectivity index (χ0n) is 8.34. The third-order valence-electron chi connectivity index (χ3n) is 3.43. The van der Waals surface area contributed by atoms with Crippen molar-refractivity contribution in [1.29, 1.82) is 0 Å². The molecule has 0 saturated heterocycles. The van der Waals surface area contributed by atoms with Gasteiger partial charge in [0.1, 0.15) is 5.78 Å². The molecule has 2 aliphatic rings. The minimum atomic E-state index is 0.245. The first-order chi connectivity index (χ1) is 6.20. The summed E-state index contributed by atoms with van der Waals surface area (Å²) in [6.45, 7) is 4.23. The maximum atomic E-state index is 11.5. The van der Waals surface area contributed by atoms with Gasteiger partial charge >= 0.3 is 0 Å². The van der Waals surface area contributed by atoms with Crippen LogP contribution in [0.3, 0.4) is 0 Å². The first-order valence-corrected chi connectivity index (χ1v) is 5.06. The van der Waals surface area contributed by atoms with Gasteiger partial charge in [0.25, 0.3) is 0 Å². The summed E-state index contributed by atoms with van der Waals surface area (Å²) in [5.74, 6) is 0.738. The molecule has 1 nitrogen and oxygen atoms in total. The fourth-order valence-electron chi connectivity index (χ4n) is 2.59. The van der Waals surface area contributed by atoms with E-state index in [9.17, 15) is 4.79 Å². The van der Waals surface area contributed by atoms with Gasteiger partial charge in [-0.25, -0.2) is 0 Å². The Morgan fingerprint density at radius 3 is 2.92 bits per heavy atom. The number of hydrogen-bond donors (Lipinski definition) is 0. The molecule has 2 fully saturated rings. The van der Waals surface area contributed by atoms with Gasteiger partial charge in [-0.05, 0) is 19.8 Å². The summed E-state index contributed by atoms with van der Waals surface area (Å²) in [6, 6.07) is 0. The third-order valence-corrected chi connectivity index (χ3v) is 3.43. The van der Waals surface area contributed by atoms with E-state index in [2.05, 4.69) is 13.0 Å². The van der Waals surface area contributed by atoms with Crippen molar-refractivity contribution in [2.24, 2.45) is 11.3 Å². The Bertz CT molecular complexity index is 298. The Hall–Kier alpha value is -0.850. The van der Waals surface area contributed by atoms with E-state index in [0.717, 1.165) is 12.8 Å². The lowest BCUT2D eigenvalue weighted by molar-refractivity contribution is -0.122. The van der Waals surface area contributed by atoms with Crippen molar-refractivity contribution >= 4 is 5.78 Å². The number of carbonyl (C=O) groups is 1. The highest BCUT2D eigenvalue weighted by Gasteiger charge is 2.60. The number of hydrogen-bond acceptors (Lipinski definition) is 1. The van der Waals surface area contributed by atoms with Crippen LogP contribution in [0.5, 0.6) is 0 Å². The van der Waals surface area contributed by atoms with E-state index in [4.69, 9.17) is 0 Å². The van der Waals surface area contributed by atoms with Crippen LogP contribution in [0, 0.1) is 11.3 Å². The number of fused-ring (bicyclic) bond motifs is 1. The Kier molecular flexibility index (Phi) is 1.90. The summed E-state index contributed by atoms with van der Waals surface area (Å²) in [5.41, 5.74) is 1.61. The Morgan fingerprint density at radius 1 is 1.54 bits per heavy atom. The smallest absolute Gasteiger partial charge is 0.140 e. The van der Waals surface area contributed by atoms with Crippen LogP contribution in [-0.2, 0) is 4.79 Å². The minimum absolute atomic E-state index is 0.245. The normalized spacial score (nSPS) is 41.2. The molecular formula is C12H16O. The molecule has 1 heteroatoms. The molecule has 13 heavy (non-hydrogen) atoms. The second kappa shape index (κ2) is 2.83. The zero-order valence-corrected chi connectivity index (χ0v) is 8.34. The van der Waals surface area contributed by atoms with Gasteiger partial charge in [-0.2, -0.15) is 0 Å². The van der Waals surface area contributed by atoms with Gasteiger partial charge in [0.05, 0.1) is 0 Å². The van der Waals surface area contributed by atoms with E-state index in [-0.39, 0.29) is 11.3 Å². The Labute approximate surface area is 79.5 Å². The molecule has 0 spiro atoms. The molecule has 2 unspecified atom stereocenters. The zero-order chi connectivity index (χ0) is 9.47. The predicted octanol–water partition coefficient (Wildman–Crippen LogP) is 2.88. The average molecular weight is 176 g/mol. The third kappa shape index (κ3) is 1.18. The lowest BCUT2D eigenvalue weighted by Crippen LogP contribution is -2.13. The summed E-state index contributed by atoms with van der Waals surface area (Å²) in [6.07, 6.45) is 9.28. The predicted molar refractivity (Wildman–Crippen MR) is 53.4 cm³/mol. The Morgan fingerprint density at radius 2 is 2.31 bits per heavy atom. The van der Waals surface area contributed by atoms with Crippen molar-refractivity contribution < 1.29 is 4.79 Å². The first kappa shape index (κ1) is 8.74. The fraction of sp³-hybridized carbons (Fsp3) is 0.583. The van der Waals surface area contributed by atoms with Gasteiger partial charge in [-0.3, -0.25) is 4.79 Å². The molecule has 0 radical (unpaired) electrons. The molecule has 0 aromatic rings. The number of allylic oxidation sites excluding steroid dienone is 4. The molecule has 0 amide bonds. The van der Waals surface area contributed by atoms with Gasteiger partial charge in [-0.15, -0.1) is 0 Å². The lowest BCUT2D eigenvalue weighted by atomic mass is 9.89. The van der Waals surface area contributed by atoms with E-state index < -0.39 is 0 Å². The van der Waals surface area contributed by atoms with Gasteiger partial charge in [-0.1, -0.05) is 30.7 Å². The molecule has 0 bridgehead atoms. The van der Waals surface area contributed by atoms with Crippen molar-refractivity contribution in [3.8, 4) is 0 Å². The average Bonchev–Trinajstić information content (AvgIpc) is 2.69. The topological polar surface area (TPSA) is 17.1 Å². The van der Waals surface area contributed by atoms with Crippen molar-refractivity contribution in [3.63, 3.8) is 0 Å². The maximum absolute atomic E-state index is 11.5.